The number of aliphatic hydroxyl groups is 1. The predicted octanol–water partition coefficient (Wildman–Crippen LogP) is 0.697. The number of hydrogen-bond acceptors (Lipinski definition) is 4. The summed E-state index contributed by atoms with van der Waals surface area (Å²) in [6.07, 6.45) is 2.09. The zero-order chi connectivity index (χ0) is 13.5. The van der Waals surface area contributed by atoms with Crippen LogP contribution in [0.3, 0.4) is 0 Å². The van der Waals surface area contributed by atoms with Crippen LogP contribution in [0.1, 0.15) is 30.4 Å². The van der Waals surface area contributed by atoms with Crippen LogP contribution in [0.15, 0.2) is 18.2 Å². The van der Waals surface area contributed by atoms with Gasteiger partial charge in [0.05, 0.1) is 11.0 Å². The Morgan fingerprint density at radius 1 is 1.35 bits per heavy atom. The fraction of sp³-hybridized carbons (Fsp3) is 0.562. The first kappa shape index (κ1) is 11.3. The predicted molar refractivity (Wildman–Crippen MR) is 71.8 cm³/mol. The molecule has 1 unspecified atom stereocenters. The maximum Gasteiger partial charge on any atom is 0.174 e. The van der Waals surface area contributed by atoms with Gasteiger partial charge in [-0.3, -0.25) is 4.79 Å². The minimum absolute atomic E-state index is 0.0382. The highest BCUT2D eigenvalue weighted by molar-refractivity contribution is 5.89. The SMILES string of the molecule is O=C1CC[C@@]2(O)C3Cc4cccc5c4[C@@]2(CCN3)[C@H]1O5. The van der Waals surface area contributed by atoms with E-state index in [1.54, 1.807) is 0 Å². The molecule has 0 aromatic heterocycles. The Hall–Kier alpha value is -1.39. The number of nitrogens with one attached hydrogen (secondary N) is 1. The third-order valence-corrected chi connectivity index (χ3v) is 5.98. The zero-order valence-electron chi connectivity index (χ0n) is 11.2. The molecule has 2 fully saturated rings. The lowest BCUT2D eigenvalue weighted by Gasteiger charge is -2.59. The molecule has 4 heteroatoms. The second-order valence-corrected chi connectivity index (χ2v) is 6.61. The summed E-state index contributed by atoms with van der Waals surface area (Å²) < 4.78 is 6.02. The van der Waals surface area contributed by atoms with E-state index in [1.165, 1.54) is 5.56 Å². The summed E-state index contributed by atoms with van der Waals surface area (Å²) >= 11 is 0. The highest BCUT2D eigenvalue weighted by Crippen LogP contribution is 2.61. The molecule has 2 bridgehead atoms. The van der Waals surface area contributed by atoms with Gasteiger partial charge in [0.1, 0.15) is 5.75 Å². The minimum Gasteiger partial charge on any atom is -0.481 e. The van der Waals surface area contributed by atoms with Crippen LogP contribution in [0.4, 0.5) is 0 Å². The van der Waals surface area contributed by atoms with Crippen molar-refractivity contribution in [3.63, 3.8) is 0 Å². The second-order valence-electron chi connectivity index (χ2n) is 6.61. The van der Waals surface area contributed by atoms with Gasteiger partial charge in [0.25, 0.3) is 0 Å². The van der Waals surface area contributed by atoms with Crippen LogP contribution in [0.2, 0.25) is 0 Å². The number of rotatable bonds is 0. The lowest BCUT2D eigenvalue weighted by molar-refractivity contribution is -0.166. The van der Waals surface area contributed by atoms with Crippen molar-refractivity contribution in [2.24, 2.45) is 0 Å². The summed E-state index contributed by atoms with van der Waals surface area (Å²) in [4.78, 5) is 12.4. The molecule has 1 saturated heterocycles. The molecule has 0 radical (unpaired) electrons. The summed E-state index contributed by atoms with van der Waals surface area (Å²) in [5, 5.41) is 14.9. The Labute approximate surface area is 117 Å². The van der Waals surface area contributed by atoms with Crippen molar-refractivity contribution >= 4 is 5.78 Å². The molecule has 1 aromatic rings. The van der Waals surface area contributed by atoms with Crippen molar-refractivity contribution in [1.29, 1.82) is 0 Å². The van der Waals surface area contributed by atoms with Crippen molar-refractivity contribution in [2.45, 2.75) is 48.8 Å². The normalized spacial score (nSPS) is 44.0. The van der Waals surface area contributed by atoms with Gasteiger partial charge < -0.3 is 15.2 Å². The van der Waals surface area contributed by atoms with Gasteiger partial charge in [-0.05, 0) is 37.4 Å². The number of carbonyl (C=O) groups is 1. The van der Waals surface area contributed by atoms with E-state index in [0.29, 0.717) is 12.8 Å². The van der Waals surface area contributed by atoms with E-state index in [-0.39, 0.29) is 11.8 Å². The third-order valence-electron chi connectivity index (χ3n) is 5.98. The fourth-order valence-corrected chi connectivity index (χ4v) is 5.19. The smallest absolute Gasteiger partial charge is 0.174 e. The molecule has 4 nitrogen and oxygen atoms in total. The number of ether oxygens (including phenoxy) is 1. The van der Waals surface area contributed by atoms with E-state index < -0.39 is 17.1 Å². The van der Waals surface area contributed by atoms with E-state index in [1.807, 2.05) is 12.1 Å². The molecule has 104 valence electrons. The maximum atomic E-state index is 12.4. The van der Waals surface area contributed by atoms with Gasteiger partial charge in [-0.2, -0.15) is 0 Å². The van der Waals surface area contributed by atoms with Crippen LogP contribution in [-0.2, 0) is 16.6 Å². The number of hydrogen-bond donors (Lipinski definition) is 2. The molecule has 2 aliphatic heterocycles. The second kappa shape index (κ2) is 3.26. The number of piperidine rings is 1. The average molecular weight is 271 g/mol. The van der Waals surface area contributed by atoms with Crippen molar-refractivity contribution in [2.75, 3.05) is 6.54 Å². The van der Waals surface area contributed by atoms with E-state index in [0.717, 1.165) is 30.7 Å². The first-order chi connectivity index (χ1) is 9.67. The van der Waals surface area contributed by atoms with Crippen molar-refractivity contribution in [3.8, 4) is 5.75 Å². The molecule has 2 N–H and O–H groups in total. The van der Waals surface area contributed by atoms with Gasteiger partial charge in [0.15, 0.2) is 11.9 Å². The topological polar surface area (TPSA) is 58.6 Å². The Kier molecular flexibility index (Phi) is 1.84. The number of benzene rings is 1. The molecular formula is C16H17NO3. The summed E-state index contributed by atoms with van der Waals surface area (Å²) in [6.45, 7) is 0.841. The third kappa shape index (κ3) is 0.970. The molecule has 0 amide bonds. The van der Waals surface area contributed by atoms with E-state index in [4.69, 9.17) is 4.74 Å². The Bertz CT molecular complexity index is 643. The lowest BCUT2D eigenvalue weighted by Crippen LogP contribution is -2.76. The van der Waals surface area contributed by atoms with Crippen molar-refractivity contribution in [1.82, 2.24) is 5.32 Å². The maximum absolute atomic E-state index is 12.4. The van der Waals surface area contributed by atoms with Crippen molar-refractivity contribution < 1.29 is 14.6 Å². The molecule has 2 aliphatic carbocycles. The van der Waals surface area contributed by atoms with Crippen LogP contribution in [0.5, 0.6) is 5.75 Å². The van der Waals surface area contributed by atoms with Gasteiger partial charge >= 0.3 is 0 Å². The van der Waals surface area contributed by atoms with Gasteiger partial charge in [0.2, 0.25) is 0 Å². The molecule has 1 spiro atoms. The van der Waals surface area contributed by atoms with Crippen LogP contribution in [-0.4, -0.2) is 35.2 Å². The minimum atomic E-state index is -0.844. The first-order valence-corrected chi connectivity index (χ1v) is 7.44. The Morgan fingerprint density at radius 3 is 3.15 bits per heavy atom. The molecule has 20 heavy (non-hydrogen) atoms. The molecule has 2 heterocycles. The summed E-state index contributed by atoms with van der Waals surface area (Å²) in [7, 11) is 0. The molecule has 4 atom stereocenters. The molecule has 1 aromatic carbocycles. The fourth-order valence-electron chi connectivity index (χ4n) is 5.19. The van der Waals surface area contributed by atoms with E-state index in [2.05, 4.69) is 11.4 Å². The van der Waals surface area contributed by atoms with E-state index in [9.17, 15) is 9.90 Å². The van der Waals surface area contributed by atoms with Gasteiger partial charge in [-0.15, -0.1) is 0 Å². The van der Waals surface area contributed by atoms with Gasteiger partial charge in [0, 0.05) is 18.0 Å². The summed E-state index contributed by atoms with van der Waals surface area (Å²) in [5.74, 6) is 0.973. The molecule has 4 aliphatic rings. The summed E-state index contributed by atoms with van der Waals surface area (Å²) in [5.41, 5.74) is 1.01. The van der Waals surface area contributed by atoms with Gasteiger partial charge in [-0.1, -0.05) is 12.1 Å². The van der Waals surface area contributed by atoms with Crippen molar-refractivity contribution in [3.05, 3.63) is 29.3 Å². The monoisotopic (exact) mass is 271 g/mol. The standard InChI is InChI=1S/C16H17NO3/c18-10-4-5-16(19)12-8-9-2-1-3-11-13(9)15(16,6-7-17-12)14(10)20-11/h1-3,12,14,17,19H,4-8H2/t12?,14-,15-,16+/m0/s1. The van der Waals surface area contributed by atoms with Crippen LogP contribution in [0, 0.1) is 0 Å². The first-order valence-electron chi connectivity index (χ1n) is 7.44. The molecule has 5 rings (SSSR count). The van der Waals surface area contributed by atoms with E-state index >= 15 is 0 Å². The summed E-state index contributed by atoms with van der Waals surface area (Å²) in [6, 6.07) is 6.09. The van der Waals surface area contributed by atoms with Crippen LogP contribution < -0.4 is 10.1 Å². The lowest BCUT2D eigenvalue weighted by atomic mass is 9.49. The average Bonchev–Trinajstić information content (AvgIpc) is 2.76. The van der Waals surface area contributed by atoms with Gasteiger partial charge in [-0.25, -0.2) is 0 Å². The Morgan fingerprint density at radius 2 is 2.25 bits per heavy atom. The molecule has 1 saturated carbocycles. The van der Waals surface area contributed by atoms with Crippen LogP contribution >= 0.6 is 0 Å². The highest BCUT2D eigenvalue weighted by Gasteiger charge is 2.71. The van der Waals surface area contributed by atoms with Crippen LogP contribution in [0.25, 0.3) is 0 Å². The molecular weight excluding hydrogens is 254 g/mol. The highest BCUT2D eigenvalue weighted by atomic mass is 16.5. The quantitative estimate of drug-likeness (QED) is 0.729. The number of Topliss-reactive ketones (excluding diaryl/α,β-unsaturated/α-hetero) is 1. The largest absolute Gasteiger partial charge is 0.481 e. The number of ketones is 1. The Balaban J connectivity index is 1.88. The number of carbonyl (C=O) groups excluding carboxylic acids is 1. The zero-order valence-corrected chi connectivity index (χ0v) is 11.2.